The second kappa shape index (κ2) is 6.05. The van der Waals surface area contributed by atoms with E-state index in [4.69, 9.17) is 0 Å². The van der Waals surface area contributed by atoms with E-state index in [1.54, 1.807) is 0 Å². The van der Waals surface area contributed by atoms with E-state index in [1.807, 2.05) is 0 Å². The van der Waals surface area contributed by atoms with Crippen LogP contribution < -0.4 is 5.32 Å². The Morgan fingerprint density at radius 1 is 0.938 bits per heavy atom. The van der Waals surface area contributed by atoms with Gasteiger partial charge in [-0.2, -0.15) is 0 Å². The molecule has 0 aromatic carbocycles. The van der Waals surface area contributed by atoms with E-state index in [-0.39, 0.29) is 0 Å². The zero-order valence-electron chi connectivity index (χ0n) is 12.8. The molecule has 0 atom stereocenters. The van der Waals surface area contributed by atoms with Gasteiger partial charge in [-0.15, -0.1) is 0 Å². The van der Waals surface area contributed by atoms with Crippen molar-refractivity contribution in [1.29, 1.82) is 0 Å². The van der Waals surface area contributed by atoms with E-state index in [1.165, 1.54) is 12.8 Å². The largest absolute Gasteiger partial charge is 0.315 e. The van der Waals surface area contributed by atoms with E-state index in [2.05, 4.69) is 60.7 Å². The molecule has 1 heteroatoms. The molecular weight excluding hydrogens is 194 g/mol. The molecule has 0 aromatic heterocycles. The summed E-state index contributed by atoms with van der Waals surface area (Å²) in [7, 11) is 0. The van der Waals surface area contributed by atoms with Crippen LogP contribution in [0.1, 0.15) is 68.2 Å². The number of rotatable bonds is 7. The van der Waals surface area contributed by atoms with Gasteiger partial charge in [0, 0.05) is 6.04 Å². The Bertz CT molecular complexity index is 190. The van der Waals surface area contributed by atoms with E-state index < -0.39 is 0 Å². The average molecular weight is 227 g/mol. The molecule has 0 aliphatic carbocycles. The fraction of sp³-hybridized carbons (Fsp3) is 1.00. The van der Waals surface area contributed by atoms with E-state index in [0.717, 1.165) is 12.5 Å². The fourth-order valence-corrected chi connectivity index (χ4v) is 2.23. The Morgan fingerprint density at radius 2 is 1.44 bits per heavy atom. The van der Waals surface area contributed by atoms with Crippen LogP contribution in [0.25, 0.3) is 0 Å². The smallest absolute Gasteiger partial charge is 0.00103 e. The average Bonchev–Trinajstić information content (AvgIpc) is 1.99. The van der Waals surface area contributed by atoms with Crippen LogP contribution in [0.5, 0.6) is 0 Å². The molecule has 0 rings (SSSR count). The van der Waals surface area contributed by atoms with Crippen molar-refractivity contribution in [3.8, 4) is 0 Å². The number of hydrogen-bond acceptors (Lipinski definition) is 1. The predicted molar refractivity (Wildman–Crippen MR) is 74.8 cm³/mol. The standard InChI is InChI=1S/C15H33N/c1-12(2)15(7,8)11-14(5,6)9-10-16-13(3)4/h12-13,16H,9-11H2,1-8H3. The molecule has 1 N–H and O–H groups in total. The second-order valence-electron chi connectivity index (χ2n) is 7.34. The molecule has 0 saturated heterocycles. The molecule has 0 spiro atoms. The Kier molecular flexibility index (Phi) is 6.03. The molecule has 1 nitrogen and oxygen atoms in total. The van der Waals surface area contributed by atoms with Crippen LogP contribution in [0.3, 0.4) is 0 Å². The Balaban J connectivity index is 4.13. The molecule has 0 aliphatic heterocycles. The molecule has 0 fully saturated rings. The monoisotopic (exact) mass is 227 g/mol. The van der Waals surface area contributed by atoms with Gasteiger partial charge in [0.05, 0.1) is 0 Å². The van der Waals surface area contributed by atoms with Gasteiger partial charge in [-0.25, -0.2) is 0 Å². The summed E-state index contributed by atoms with van der Waals surface area (Å²) < 4.78 is 0. The summed E-state index contributed by atoms with van der Waals surface area (Å²) in [5, 5.41) is 3.52. The van der Waals surface area contributed by atoms with Gasteiger partial charge >= 0.3 is 0 Å². The van der Waals surface area contributed by atoms with Gasteiger partial charge in [0.2, 0.25) is 0 Å². The normalized spacial score (nSPS) is 13.9. The Labute approximate surface area is 103 Å². The third kappa shape index (κ3) is 6.52. The van der Waals surface area contributed by atoms with Gasteiger partial charge in [-0.3, -0.25) is 0 Å². The first-order chi connectivity index (χ1) is 7.07. The van der Waals surface area contributed by atoms with Crippen LogP contribution in [-0.2, 0) is 0 Å². The maximum atomic E-state index is 3.52. The van der Waals surface area contributed by atoms with E-state index in [9.17, 15) is 0 Å². The highest BCUT2D eigenvalue weighted by Crippen LogP contribution is 2.40. The van der Waals surface area contributed by atoms with Crippen molar-refractivity contribution in [2.24, 2.45) is 16.7 Å². The first-order valence-corrected chi connectivity index (χ1v) is 6.80. The summed E-state index contributed by atoms with van der Waals surface area (Å²) >= 11 is 0. The molecule has 98 valence electrons. The Hall–Kier alpha value is -0.0400. The van der Waals surface area contributed by atoms with Crippen molar-refractivity contribution in [3.05, 3.63) is 0 Å². The maximum absolute atomic E-state index is 3.52. The summed E-state index contributed by atoms with van der Waals surface area (Å²) in [6.07, 6.45) is 2.57. The minimum Gasteiger partial charge on any atom is -0.315 e. The van der Waals surface area contributed by atoms with E-state index >= 15 is 0 Å². The summed E-state index contributed by atoms with van der Waals surface area (Å²) in [5.41, 5.74) is 0.886. The minimum absolute atomic E-state index is 0.440. The zero-order chi connectivity index (χ0) is 13.0. The highest BCUT2D eigenvalue weighted by molar-refractivity contribution is 4.82. The third-order valence-corrected chi connectivity index (χ3v) is 3.85. The van der Waals surface area contributed by atoms with Crippen LogP contribution >= 0.6 is 0 Å². The highest BCUT2D eigenvalue weighted by Gasteiger charge is 2.30. The molecular formula is C15H33N. The molecule has 0 radical (unpaired) electrons. The van der Waals surface area contributed by atoms with Gasteiger partial charge in [-0.1, -0.05) is 55.4 Å². The van der Waals surface area contributed by atoms with Crippen LogP contribution in [0.4, 0.5) is 0 Å². The van der Waals surface area contributed by atoms with Crippen LogP contribution in [-0.4, -0.2) is 12.6 Å². The summed E-state index contributed by atoms with van der Waals surface area (Å²) in [4.78, 5) is 0. The zero-order valence-corrected chi connectivity index (χ0v) is 12.8. The third-order valence-electron chi connectivity index (χ3n) is 3.85. The van der Waals surface area contributed by atoms with Gasteiger partial charge < -0.3 is 5.32 Å². The first kappa shape index (κ1) is 16.0. The van der Waals surface area contributed by atoms with Gasteiger partial charge in [-0.05, 0) is 36.1 Å². The quantitative estimate of drug-likeness (QED) is 0.676. The second-order valence-corrected chi connectivity index (χ2v) is 7.34. The molecule has 0 heterocycles. The van der Waals surface area contributed by atoms with Crippen molar-refractivity contribution in [1.82, 2.24) is 5.32 Å². The predicted octanol–water partition coefficient (Wildman–Crippen LogP) is 4.47. The maximum Gasteiger partial charge on any atom is 0.00103 e. The topological polar surface area (TPSA) is 12.0 Å². The fourth-order valence-electron chi connectivity index (χ4n) is 2.23. The van der Waals surface area contributed by atoms with Crippen LogP contribution in [0, 0.1) is 16.7 Å². The van der Waals surface area contributed by atoms with Gasteiger partial charge in [0.25, 0.3) is 0 Å². The summed E-state index contributed by atoms with van der Waals surface area (Å²) in [5.74, 6) is 0.754. The molecule has 0 amide bonds. The summed E-state index contributed by atoms with van der Waals surface area (Å²) in [6.45, 7) is 19.8. The lowest BCUT2D eigenvalue weighted by Crippen LogP contribution is -2.32. The lowest BCUT2D eigenvalue weighted by molar-refractivity contribution is 0.131. The van der Waals surface area contributed by atoms with Crippen molar-refractivity contribution >= 4 is 0 Å². The highest BCUT2D eigenvalue weighted by atomic mass is 14.9. The number of hydrogen-bond donors (Lipinski definition) is 1. The van der Waals surface area contributed by atoms with Crippen LogP contribution in [0.15, 0.2) is 0 Å². The van der Waals surface area contributed by atoms with Gasteiger partial charge in [0.1, 0.15) is 0 Å². The van der Waals surface area contributed by atoms with Crippen molar-refractivity contribution in [2.75, 3.05) is 6.54 Å². The Morgan fingerprint density at radius 3 is 1.81 bits per heavy atom. The lowest BCUT2D eigenvalue weighted by Gasteiger charge is -2.38. The molecule has 0 unspecified atom stereocenters. The van der Waals surface area contributed by atoms with Crippen LogP contribution in [0.2, 0.25) is 0 Å². The van der Waals surface area contributed by atoms with Gasteiger partial charge in [0.15, 0.2) is 0 Å². The minimum atomic E-state index is 0.440. The van der Waals surface area contributed by atoms with Crippen molar-refractivity contribution in [3.63, 3.8) is 0 Å². The summed E-state index contributed by atoms with van der Waals surface area (Å²) in [6, 6.07) is 0.605. The lowest BCUT2D eigenvalue weighted by atomic mass is 9.68. The van der Waals surface area contributed by atoms with E-state index in [0.29, 0.717) is 16.9 Å². The molecule has 16 heavy (non-hydrogen) atoms. The first-order valence-electron chi connectivity index (χ1n) is 6.80. The molecule has 0 bridgehead atoms. The SMILES string of the molecule is CC(C)NCCC(C)(C)CC(C)(C)C(C)C. The number of nitrogens with one attached hydrogen (secondary N) is 1. The molecule has 0 saturated carbocycles. The van der Waals surface area contributed by atoms with Crippen molar-refractivity contribution in [2.45, 2.75) is 74.3 Å². The molecule has 0 aliphatic rings. The van der Waals surface area contributed by atoms with Crippen molar-refractivity contribution < 1.29 is 0 Å². The molecule has 0 aromatic rings.